The van der Waals surface area contributed by atoms with Crippen LogP contribution in [-0.4, -0.2) is 15.0 Å². The summed E-state index contributed by atoms with van der Waals surface area (Å²) in [5, 5.41) is 12.9. The van der Waals surface area contributed by atoms with Crippen LogP contribution in [0, 0.1) is 18.3 Å². The van der Waals surface area contributed by atoms with Crippen molar-refractivity contribution in [1.29, 1.82) is 5.26 Å². The highest BCUT2D eigenvalue weighted by Gasteiger charge is 2.03. The number of rotatable bonds is 2. The second-order valence-corrected chi connectivity index (χ2v) is 5.15. The van der Waals surface area contributed by atoms with Gasteiger partial charge in [0, 0.05) is 11.9 Å². The molecule has 1 aromatic carbocycles. The molecule has 0 saturated heterocycles. The molecule has 0 fully saturated rings. The van der Waals surface area contributed by atoms with Crippen molar-refractivity contribution < 1.29 is 0 Å². The van der Waals surface area contributed by atoms with Crippen LogP contribution in [0.5, 0.6) is 0 Å². The topological polar surface area (TPSA) is 74.5 Å². The minimum absolute atomic E-state index is 0.149. The number of nitriles is 1. The standard InChI is InChI=1S/C13H9N5S/c1-8-16-10-6-9(2-3-11(10)19-8)17-12-4-5-15-13(7-14)18-12/h2-6H,1H3,(H,15,17,18). The molecule has 0 bridgehead atoms. The van der Waals surface area contributed by atoms with E-state index < -0.39 is 0 Å². The lowest BCUT2D eigenvalue weighted by atomic mass is 10.3. The molecule has 0 aliphatic rings. The maximum Gasteiger partial charge on any atom is 0.234 e. The van der Waals surface area contributed by atoms with Crippen LogP contribution in [0.4, 0.5) is 11.5 Å². The molecule has 0 spiro atoms. The zero-order valence-corrected chi connectivity index (χ0v) is 10.9. The molecule has 0 aliphatic heterocycles. The van der Waals surface area contributed by atoms with Crippen molar-refractivity contribution in [3.8, 4) is 6.07 Å². The van der Waals surface area contributed by atoms with Gasteiger partial charge in [-0.25, -0.2) is 15.0 Å². The van der Waals surface area contributed by atoms with Crippen LogP contribution >= 0.6 is 11.3 Å². The summed E-state index contributed by atoms with van der Waals surface area (Å²) < 4.78 is 1.16. The highest BCUT2D eigenvalue weighted by molar-refractivity contribution is 7.18. The molecule has 0 radical (unpaired) electrons. The first-order valence-electron chi connectivity index (χ1n) is 5.62. The number of aromatic nitrogens is 3. The number of thiazole rings is 1. The summed E-state index contributed by atoms with van der Waals surface area (Å²) in [6, 6.07) is 9.59. The molecule has 92 valence electrons. The first-order valence-corrected chi connectivity index (χ1v) is 6.43. The fraction of sp³-hybridized carbons (Fsp3) is 0.0769. The monoisotopic (exact) mass is 267 g/mol. The Bertz CT molecular complexity index is 787. The Labute approximate surface area is 113 Å². The Balaban J connectivity index is 1.94. The number of nitrogens with one attached hydrogen (secondary N) is 1. The number of aryl methyl sites for hydroxylation is 1. The second-order valence-electron chi connectivity index (χ2n) is 3.92. The van der Waals surface area contributed by atoms with Crippen LogP contribution in [0.25, 0.3) is 10.2 Å². The second kappa shape index (κ2) is 4.63. The Morgan fingerprint density at radius 2 is 2.16 bits per heavy atom. The Kier molecular flexibility index (Phi) is 2.82. The molecule has 5 nitrogen and oxygen atoms in total. The number of fused-ring (bicyclic) bond motifs is 1. The fourth-order valence-corrected chi connectivity index (χ4v) is 2.56. The van der Waals surface area contributed by atoms with Crippen LogP contribution in [0.1, 0.15) is 10.8 Å². The van der Waals surface area contributed by atoms with E-state index in [9.17, 15) is 0 Å². The van der Waals surface area contributed by atoms with Gasteiger partial charge in [-0.3, -0.25) is 0 Å². The van der Waals surface area contributed by atoms with Gasteiger partial charge in [0.05, 0.1) is 15.2 Å². The summed E-state index contributed by atoms with van der Waals surface area (Å²) in [4.78, 5) is 12.3. The lowest BCUT2D eigenvalue weighted by molar-refractivity contribution is 1.11. The van der Waals surface area contributed by atoms with Crippen LogP contribution < -0.4 is 5.32 Å². The lowest BCUT2D eigenvalue weighted by Crippen LogP contribution is -1.96. The van der Waals surface area contributed by atoms with Crippen molar-refractivity contribution in [3.63, 3.8) is 0 Å². The third-order valence-corrected chi connectivity index (χ3v) is 3.47. The van der Waals surface area contributed by atoms with Crippen molar-refractivity contribution in [2.75, 3.05) is 5.32 Å². The van der Waals surface area contributed by atoms with Crippen LogP contribution in [-0.2, 0) is 0 Å². The average Bonchev–Trinajstić information content (AvgIpc) is 2.78. The van der Waals surface area contributed by atoms with Crippen molar-refractivity contribution in [2.45, 2.75) is 6.92 Å². The molecule has 0 saturated carbocycles. The molecule has 6 heteroatoms. The van der Waals surface area contributed by atoms with Crippen molar-refractivity contribution in [2.24, 2.45) is 0 Å². The number of anilines is 2. The van der Waals surface area contributed by atoms with E-state index in [1.54, 1.807) is 23.6 Å². The molecule has 19 heavy (non-hydrogen) atoms. The SMILES string of the molecule is Cc1nc2cc(Nc3ccnc(C#N)n3)ccc2s1. The van der Waals surface area contributed by atoms with Gasteiger partial charge in [-0.2, -0.15) is 5.26 Å². The average molecular weight is 267 g/mol. The van der Waals surface area contributed by atoms with E-state index in [0.717, 1.165) is 20.9 Å². The van der Waals surface area contributed by atoms with E-state index in [4.69, 9.17) is 5.26 Å². The van der Waals surface area contributed by atoms with Gasteiger partial charge in [0.2, 0.25) is 5.82 Å². The summed E-state index contributed by atoms with van der Waals surface area (Å²) in [5.74, 6) is 0.744. The van der Waals surface area contributed by atoms with Gasteiger partial charge in [-0.1, -0.05) is 0 Å². The molecular weight excluding hydrogens is 258 g/mol. The van der Waals surface area contributed by atoms with Gasteiger partial charge < -0.3 is 5.32 Å². The van der Waals surface area contributed by atoms with Gasteiger partial charge in [0.15, 0.2) is 0 Å². The Hall–Kier alpha value is -2.52. The lowest BCUT2D eigenvalue weighted by Gasteiger charge is -2.04. The largest absolute Gasteiger partial charge is 0.340 e. The summed E-state index contributed by atoms with van der Waals surface area (Å²) in [5.41, 5.74) is 1.85. The zero-order valence-electron chi connectivity index (χ0n) is 10.1. The number of hydrogen-bond donors (Lipinski definition) is 1. The maximum absolute atomic E-state index is 8.76. The Morgan fingerprint density at radius 1 is 1.26 bits per heavy atom. The van der Waals surface area contributed by atoms with Crippen LogP contribution in [0.2, 0.25) is 0 Å². The molecule has 0 atom stereocenters. The normalized spacial score (nSPS) is 10.3. The predicted molar refractivity (Wildman–Crippen MR) is 74.4 cm³/mol. The highest BCUT2D eigenvalue weighted by Crippen LogP contribution is 2.25. The number of benzene rings is 1. The minimum atomic E-state index is 0.149. The third kappa shape index (κ3) is 2.37. The van der Waals surface area contributed by atoms with E-state index in [1.165, 1.54) is 0 Å². The van der Waals surface area contributed by atoms with E-state index in [-0.39, 0.29) is 5.82 Å². The van der Waals surface area contributed by atoms with Crippen molar-refractivity contribution in [1.82, 2.24) is 15.0 Å². The van der Waals surface area contributed by atoms with Gasteiger partial charge >= 0.3 is 0 Å². The van der Waals surface area contributed by atoms with Crippen molar-refractivity contribution in [3.05, 3.63) is 41.3 Å². The molecule has 2 aromatic heterocycles. The fourth-order valence-electron chi connectivity index (χ4n) is 1.75. The van der Waals surface area contributed by atoms with Gasteiger partial charge in [-0.05, 0) is 31.2 Å². The first-order chi connectivity index (χ1) is 9.24. The molecule has 3 aromatic rings. The van der Waals surface area contributed by atoms with Crippen molar-refractivity contribution >= 4 is 33.1 Å². The van der Waals surface area contributed by atoms with Crippen LogP contribution in [0.15, 0.2) is 30.5 Å². The molecule has 3 rings (SSSR count). The molecule has 1 N–H and O–H groups in total. The molecule has 0 unspecified atom stereocenters. The zero-order chi connectivity index (χ0) is 13.2. The molecule has 2 heterocycles. The van der Waals surface area contributed by atoms with E-state index >= 15 is 0 Å². The smallest absolute Gasteiger partial charge is 0.234 e. The summed E-state index contributed by atoms with van der Waals surface area (Å²) in [6.07, 6.45) is 1.55. The molecule has 0 amide bonds. The number of nitrogens with zero attached hydrogens (tertiary/aromatic N) is 4. The maximum atomic E-state index is 8.76. The summed E-state index contributed by atoms with van der Waals surface area (Å²) >= 11 is 1.67. The summed E-state index contributed by atoms with van der Waals surface area (Å²) in [7, 11) is 0. The Morgan fingerprint density at radius 3 is 3.00 bits per heavy atom. The van der Waals surface area contributed by atoms with Crippen LogP contribution in [0.3, 0.4) is 0 Å². The molecular formula is C13H9N5S. The van der Waals surface area contributed by atoms with Gasteiger partial charge in [0.1, 0.15) is 11.9 Å². The summed E-state index contributed by atoms with van der Waals surface area (Å²) in [6.45, 7) is 1.99. The van der Waals surface area contributed by atoms with E-state index in [1.807, 2.05) is 31.2 Å². The minimum Gasteiger partial charge on any atom is -0.340 e. The highest BCUT2D eigenvalue weighted by atomic mass is 32.1. The quantitative estimate of drug-likeness (QED) is 0.772. The first kappa shape index (κ1) is 11.6. The molecule has 0 aliphatic carbocycles. The predicted octanol–water partition coefficient (Wildman–Crippen LogP) is 3.01. The third-order valence-electron chi connectivity index (χ3n) is 2.52. The van der Waals surface area contributed by atoms with Gasteiger partial charge in [0.25, 0.3) is 0 Å². The number of hydrogen-bond acceptors (Lipinski definition) is 6. The van der Waals surface area contributed by atoms with Gasteiger partial charge in [-0.15, -0.1) is 11.3 Å². The van der Waals surface area contributed by atoms with E-state index in [0.29, 0.717) is 5.82 Å². The van der Waals surface area contributed by atoms with E-state index in [2.05, 4.69) is 20.3 Å².